The Hall–Kier alpha value is -12.5. The molecule has 38 heteroatoms. The van der Waals surface area contributed by atoms with Gasteiger partial charge in [-0.3, -0.25) is 101 Å². The monoisotopic (exact) mass is 1890 g/mol. The Morgan fingerprint density at radius 2 is 0.859 bits per heavy atom. The second kappa shape index (κ2) is 55.4. The first-order chi connectivity index (χ1) is 63.6. The van der Waals surface area contributed by atoms with Gasteiger partial charge in [0.1, 0.15) is 29.1 Å². The molecule has 135 heavy (non-hydrogen) atoms. The van der Waals surface area contributed by atoms with Crippen molar-refractivity contribution in [2.45, 2.75) is 246 Å². The number of rotatable bonds is 65. The van der Waals surface area contributed by atoms with Crippen LogP contribution in [0.25, 0.3) is 0 Å². The molecule has 0 fully saturated rings. The van der Waals surface area contributed by atoms with Gasteiger partial charge in [0, 0.05) is 82.2 Å². The molecule has 1 heterocycles. The average molecular weight is 1890 g/mol. The Morgan fingerprint density at radius 1 is 0.415 bits per heavy atom. The minimum Gasteiger partial charge on any atom is -0.508 e. The Kier molecular flexibility index (Phi) is 46.3. The second-order valence-corrected chi connectivity index (χ2v) is 35.9. The summed E-state index contributed by atoms with van der Waals surface area (Å²) in [6.07, 6.45) is -11.0. The van der Waals surface area contributed by atoms with E-state index < -0.39 is 315 Å². The first-order valence-corrected chi connectivity index (χ1v) is 45.4. The van der Waals surface area contributed by atoms with Gasteiger partial charge in [-0.2, -0.15) is 0 Å². The number of nitrogens with zero attached hydrogens (tertiary/aromatic N) is 1. The van der Waals surface area contributed by atoms with Crippen LogP contribution in [0.2, 0.25) is 0 Å². The summed E-state index contributed by atoms with van der Waals surface area (Å²) in [7, 11) is 0. The van der Waals surface area contributed by atoms with E-state index in [0.717, 1.165) is 18.7 Å². The molecule has 1 aliphatic heterocycles. The van der Waals surface area contributed by atoms with Crippen molar-refractivity contribution in [3.63, 3.8) is 0 Å². The number of imide groups is 1. The largest absolute Gasteiger partial charge is 0.508 e. The van der Waals surface area contributed by atoms with E-state index in [0.29, 0.717) is 36.9 Å². The zero-order valence-electron chi connectivity index (χ0n) is 77.7. The highest BCUT2D eigenvalue weighted by molar-refractivity contribution is 6.21. The van der Waals surface area contributed by atoms with Gasteiger partial charge in [0.15, 0.2) is 34.7 Å². The number of phenolic OH excluding ortho intramolecular Hbond substituents is 2. The van der Waals surface area contributed by atoms with E-state index in [4.69, 9.17) is 5.73 Å². The fraction of sp³-hybridized carbons (Fsp3) is 0.546. The Morgan fingerprint density at radius 3 is 1.36 bits per heavy atom. The summed E-state index contributed by atoms with van der Waals surface area (Å²) < 4.78 is 0. The van der Waals surface area contributed by atoms with Crippen molar-refractivity contribution in [2.24, 2.45) is 64.4 Å². The van der Waals surface area contributed by atoms with Crippen LogP contribution in [0.15, 0.2) is 103 Å². The Labute approximate surface area is 783 Å². The SMILES string of the molecule is CC[C@H](C)[C@H](NC(=O)[C@H](CO)CC(=O)[C@H](Cc1ccc(O)cc1)NC(=O)[C@H](CC(=O)O)CC(=O)[C@H](CO)NC(=O)[C@@H](CC(=O)[C@H](Cc1ccccc1)NC(=O)[C@@H](CC(=O)CNC(=O)[C@H](CCC(=O)O)CC(=O)C(C)(C)C(=O)CCCN1C(=O)c2ccccc2C1=O)[C@@H](C)O)[C@@H](C)O)C(=O)C[C@@H](Cc1ccc(O)cc1)C(=O)N[C@@H](CC(C)C)C(=O)C[C@@H](CC(=O)O)C(=O)N[C@H](C)CCCCN. The molecule has 1 aliphatic rings. The maximum atomic E-state index is 14.9. The number of carbonyl (C=O) groups is 20. The van der Waals surface area contributed by atoms with Gasteiger partial charge < -0.3 is 88.9 Å². The molecule has 0 bridgehead atoms. The van der Waals surface area contributed by atoms with Crippen LogP contribution >= 0.6 is 0 Å². The fourth-order valence-electron chi connectivity index (χ4n) is 15.6. The number of hydrogen-bond acceptors (Lipinski definition) is 27. The molecule has 0 spiro atoms. The quantitative estimate of drug-likeness (QED) is 0.0170. The molecule has 0 saturated carbocycles. The second-order valence-electron chi connectivity index (χ2n) is 35.9. The fourth-order valence-corrected chi connectivity index (χ4v) is 15.6. The molecule has 0 unspecified atom stereocenters. The van der Waals surface area contributed by atoms with Gasteiger partial charge in [0.25, 0.3) is 11.8 Å². The summed E-state index contributed by atoms with van der Waals surface area (Å²) in [6, 6.07) is 16.5. The number of aliphatic carboxylic acids is 3. The summed E-state index contributed by atoms with van der Waals surface area (Å²) in [6.45, 7) is 10.5. The molecule has 4 aromatic carbocycles. The first-order valence-electron chi connectivity index (χ1n) is 45.4. The number of carbonyl (C=O) groups excluding carboxylic acids is 17. The van der Waals surface area contributed by atoms with Crippen molar-refractivity contribution in [3.8, 4) is 11.5 Å². The Balaban J connectivity index is 1.30. The number of aromatic hydroxyl groups is 2. The molecular weight excluding hydrogens is 1760 g/mol. The molecule has 0 aromatic heterocycles. The number of carboxylic acid groups (broad SMARTS) is 3. The first kappa shape index (κ1) is 113. The van der Waals surface area contributed by atoms with Crippen molar-refractivity contribution >= 4 is 117 Å². The van der Waals surface area contributed by atoms with E-state index >= 15 is 0 Å². The number of ketones is 8. The lowest BCUT2D eigenvalue weighted by Gasteiger charge is -2.28. The molecule has 16 atom stereocenters. The van der Waals surface area contributed by atoms with Crippen LogP contribution in [0.1, 0.15) is 215 Å². The van der Waals surface area contributed by atoms with E-state index in [1.54, 1.807) is 77.1 Å². The van der Waals surface area contributed by atoms with E-state index in [9.17, 15) is 142 Å². The lowest BCUT2D eigenvalue weighted by atomic mass is 9.77. The van der Waals surface area contributed by atoms with Crippen LogP contribution in [0, 0.1) is 58.7 Å². The molecular formula is C97H131N9O29. The number of aliphatic hydroxyl groups is 4. The zero-order valence-corrected chi connectivity index (χ0v) is 77.7. The predicted molar refractivity (Wildman–Crippen MR) is 486 cm³/mol. The molecule has 5 rings (SSSR count). The van der Waals surface area contributed by atoms with Gasteiger partial charge >= 0.3 is 17.9 Å². The highest BCUT2D eigenvalue weighted by Gasteiger charge is 2.43. The molecule has 4 aromatic rings. The molecule has 18 N–H and O–H groups in total. The van der Waals surface area contributed by atoms with Crippen molar-refractivity contribution in [1.29, 1.82) is 0 Å². The summed E-state index contributed by atoms with van der Waals surface area (Å²) in [5.41, 5.74) is 5.39. The minimum atomic E-state index is -2.01. The smallest absolute Gasteiger partial charge is 0.304 e. The summed E-state index contributed by atoms with van der Waals surface area (Å²) in [5, 5.41) is 111. The van der Waals surface area contributed by atoms with Crippen molar-refractivity contribution in [1.82, 2.24) is 42.1 Å². The van der Waals surface area contributed by atoms with E-state index in [-0.39, 0.29) is 79.2 Å². The van der Waals surface area contributed by atoms with E-state index in [2.05, 4.69) is 37.2 Å². The van der Waals surface area contributed by atoms with E-state index in [1.165, 1.54) is 74.5 Å². The van der Waals surface area contributed by atoms with Crippen molar-refractivity contribution in [2.75, 3.05) is 32.8 Å². The number of amides is 9. The number of carboxylic acids is 3. The normalized spacial score (nSPS) is 15.5. The number of fused-ring (bicyclic) bond motifs is 1. The van der Waals surface area contributed by atoms with Crippen LogP contribution in [-0.2, 0) is 106 Å². The maximum Gasteiger partial charge on any atom is 0.304 e. The van der Waals surface area contributed by atoms with Gasteiger partial charge in [-0.15, -0.1) is 0 Å². The van der Waals surface area contributed by atoms with E-state index in [1.807, 2.05) is 0 Å². The number of unbranched alkanes of at least 4 members (excludes halogenated alkanes) is 1. The number of Topliss-reactive ketones (excluding diaryl/α,β-unsaturated/α-hetero) is 8. The van der Waals surface area contributed by atoms with Gasteiger partial charge in [-0.1, -0.05) is 107 Å². The molecule has 0 aliphatic carbocycles. The topological polar surface area (TPSA) is 637 Å². The third-order valence-corrected chi connectivity index (χ3v) is 24.2. The summed E-state index contributed by atoms with van der Waals surface area (Å²) in [4.78, 5) is 277. The van der Waals surface area contributed by atoms with Gasteiger partial charge in [-0.05, 0) is 157 Å². The number of benzene rings is 4. The van der Waals surface area contributed by atoms with Crippen molar-refractivity contribution < 1.29 is 142 Å². The molecule has 38 nitrogen and oxygen atoms in total. The molecule has 9 amide bonds. The predicted octanol–water partition coefficient (Wildman–Crippen LogP) is 3.65. The van der Waals surface area contributed by atoms with Crippen LogP contribution in [-0.4, -0.2) is 250 Å². The molecule has 738 valence electrons. The van der Waals surface area contributed by atoms with Gasteiger partial charge in [0.05, 0.1) is 115 Å². The number of phenols is 2. The Bertz CT molecular complexity index is 4790. The van der Waals surface area contributed by atoms with Gasteiger partial charge in [0.2, 0.25) is 41.4 Å². The minimum absolute atomic E-state index is 0.0142. The zero-order chi connectivity index (χ0) is 101. The summed E-state index contributed by atoms with van der Waals surface area (Å²) >= 11 is 0. The standard InChI is InChI=1S/C97H131N9O29/c1-10-54(4)87(81(118)43-62(38-59-25-30-66(111)31-26-59)90(129)101-73(37-53(2)3)77(114)41-63(46-85(123)124)89(128)100-55(5)19-16-17-35-98)105-92(131)65(51-107)44-78(115)74(40-60-27-32-67(112)33-28-60)102-91(130)64(47-86(125)126)42-79(116)76(52-108)104-94(133)72(57(7)110)49-80(117)75(39-58-20-12-11-13-21-58)103-93(132)71(56(6)109)48-68(113)50-99-88(127)61(29-34-84(121)122)45-83(120)97(8,9)82(119)24-18-36-106-95(134)69-22-14-15-23-70(69)96(106)135/h11-15,20-23,25-28,30-33,53-57,61-65,71-76,87,107-112H,10,16-19,24,29,34-52,98H2,1-9H3,(H,99,127)(H,100,128)(H,101,129)(H,102,130)(H,103,132)(H,104,133)(H,105,131)(H,121,122)(H,123,124)(H,125,126)/t54-,55+,56+,57+,61+,62+,63-,64-,65-,71-,72-,73-,74-,75-,76-,87-/m0/s1. The maximum absolute atomic E-state index is 14.9. The lowest BCUT2D eigenvalue weighted by Crippen LogP contribution is -2.52. The third-order valence-electron chi connectivity index (χ3n) is 24.2. The number of nitrogens with two attached hydrogens (primary N) is 1. The average Bonchev–Trinajstić information content (AvgIpc) is 1.63. The highest BCUT2D eigenvalue weighted by atomic mass is 16.4. The third kappa shape index (κ3) is 36.7. The van der Waals surface area contributed by atoms with Gasteiger partial charge in [-0.25, -0.2) is 0 Å². The lowest BCUT2D eigenvalue weighted by molar-refractivity contribution is -0.143. The highest BCUT2D eigenvalue weighted by Crippen LogP contribution is 2.31. The number of nitrogens with one attached hydrogen (secondary N) is 7. The van der Waals surface area contributed by atoms with Crippen LogP contribution in [0.3, 0.4) is 0 Å². The summed E-state index contributed by atoms with van der Waals surface area (Å²) in [5.74, 6) is -32.0. The molecule has 0 saturated heterocycles. The molecule has 0 radical (unpaired) electrons. The van der Waals surface area contributed by atoms with Crippen LogP contribution in [0.4, 0.5) is 0 Å². The van der Waals surface area contributed by atoms with Crippen LogP contribution < -0.4 is 43.0 Å². The van der Waals surface area contributed by atoms with Crippen molar-refractivity contribution in [3.05, 3.63) is 131 Å². The number of aliphatic hydroxyl groups excluding tert-OH is 4. The van der Waals surface area contributed by atoms with Crippen LogP contribution in [0.5, 0.6) is 11.5 Å². The number of hydrogen-bond donors (Lipinski definition) is 17.